The van der Waals surface area contributed by atoms with E-state index in [1.807, 2.05) is 0 Å². The normalized spacial score (nSPS) is 12.8. The van der Waals surface area contributed by atoms with Crippen LogP contribution in [-0.4, -0.2) is 35.8 Å². The van der Waals surface area contributed by atoms with E-state index >= 15 is 0 Å². The minimum atomic E-state index is -0.302. The molecular weight excluding hydrogens is 222 g/mol. The third-order valence-corrected chi connectivity index (χ3v) is 2.62. The summed E-state index contributed by atoms with van der Waals surface area (Å²) >= 11 is 7.14. The average molecular weight is 236 g/mol. The number of rotatable bonds is 6. The van der Waals surface area contributed by atoms with Gasteiger partial charge < -0.3 is 15.7 Å². The first-order chi connectivity index (χ1) is 6.68. The molecule has 0 saturated carbocycles. The van der Waals surface area contributed by atoms with Crippen LogP contribution < -0.4 is 10.6 Å². The molecular formula is C8H14ClN3OS. The zero-order valence-corrected chi connectivity index (χ0v) is 9.53. The number of hydrogen-bond donors (Lipinski definition) is 3. The predicted molar refractivity (Wildman–Crippen MR) is 60.2 cm³/mol. The van der Waals surface area contributed by atoms with Gasteiger partial charge in [-0.2, -0.15) is 0 Å². The molecule has 1 unspecified atom stereocenters. The maximum absolute atomic E-state index is 8.96. The van der Waals surface area contributed by atoms with E-state index < -0.39 is 0 Å². The van der Waals surface area contributed by atoms with Crippen LogP contribution in [0.2, 0.25) is 5.15 Å². The Hall–Kier alpha value is -0.360. The van der Waals surface area contributed by atoms with Crippen LogP contribution in [0.3, 0.4) is 0 Å². The average Bonchev–Trinajstić information content (AvgIpc) is 2.50. The molecule has 1 rings (SSSR count). The highest BCUT2D eigenvalue weighted by molar-refractivity contribution is 7.14. The van der Waals surface area contributed by atoms with Gasteiger partial charge in [0, 0.05) is 25.0 Å². The SMILES string of the molecule is CC(O)CNCCNc1nc(Cl)cs1. The number of thiazole rings is 1. The molecule has 1 aromatic rings. The summed E-state index contributed by atoms with van der Waals surface area (Å²) in [4.78, 5) is 4.04. The molecule has 0 spiro atoms. The monoisotopic (exact) mass is 235 g/mol. The minimum absolute atomic E-state index is 0.302. The topological polar surface area (TPSA) is 57.2 Å². The third-order valence-electron chi connectivity index (χ3n) is 1.49. The molecule has 0 aliphatic rings. The molecule has 0 radical (unpaired) electrons. The minimum Gasteiger partial charge on any atom is -0.392 e. The Labute approximate surface area is 92.3 Å². The fourth-order valence-electron chi connectivity index (χ4n) is 0.904. The van der Waals surface area contributed by atoms with Crippen LogP contribution >= 0.6 is 22.9 Å². The first-order valence-corrected chi connectivity index (χ1v) is 5.68. The zero-order chi connectivity index (χ0) is 10.4. The van der Waals surface area contributed by atoms with Crippen molar-refractivity contribution in [3.63, 3.8) is 0 Å². The zero-order valence-electron chi connectivity index (χ0n) is 7.96. The Bertz CT molecular complexity index is 267. The molecule has 1 heterocycles. The van der Waals surface area contributed by atoms with E-state index in [-0.39, 0.29) is 6.10 Å². The smallest absolute Gasteiger partial charge is 0.184 e. The fraction of sp³-hybridized carbons (Fsp3) is 0.625. The van der Waals surface area contributed by atoms with E-state index in [0.29, 0.717) is 11.7 Å². The van der Waals surface area contributed by atoms with Crippen LogP contribution in [0.15, 0.2) is 5.38 Å². The summed E-state index contributed by atoms with van der Waals surface area (Å²) in [5.74, 6) is 0. The van der Waals surface area contributed by atoms with Crippen molar-refractivity contribution >= 4 is 28.1 Å². The Morgan fingerprint density at radius 2 is 2.43 bits per heavy atom. The van der Waals surface area contributed by atoms with Gasteiger partial charge in [-0.15, -0.1) is 11.3 Å². The summed E-state index contributed by atoms with van der Waals surface area (Å²) in [5, 5.41) is 18.3. The number of nitrogens with one attached hydrogen (secondary N) is 2. The maximum Gasteiger partial charge on any atom is 0.184 e. The van der Waals surface area contributed by atoms with E-state index in [4.69, 9.17) is 16.7 Å². The molecule has 0 amide bonds. The van der Waals surface area contributed by atoms with Gasteiger partial charge in [0.15, 0.2) is 5.13 Å². The predicted octanol–water partition coefficient (Wildman–Crippen LogP) is 1.18. The van der Waals surface area contributed by atoms with Crippen LogP contribution in [0.1, 0.15) is 6.92 Å². The molecule has 0 aliphatic carbocycles. The number of halogens is 1. The van der Waals surface area contributed by atoms with Crippen molar-refractivity contribution in [2.45, 2.75) is 13.0 Å². The van der Waals surface area contributed by atoms with Gasteiger partial charge in [-0.25, -0.2) is 4.98 Å². The van der Waals surface area contributed by atoms with E-state index in [1.54, 1.807) is 12.3 Å². The lowest BCUT2D eigenvalue weighted by molar-refractivity contribution is 0.192. The Morgan fingerprint density at radius 3 is 3.00 bits per heavy atom. The van der Waals surface area contributed by atoms with Gasteiger partial charge in [0.25, 0.3) is 0 Å². The summed E-state index contributed by atoms with van der Waals surface area (Å²) in [6, 6.07) is 0. The molecule has 1 atom stereocenters. The van der Waals surface area contributed by atoms with Gasteiger partial charge in [-0.3, -0.25) is 0 Å². The highest BCUT2D eigenvalue weighted by Crippen LogP contribution is 2.18. The lowest BCUT2D eigenvalue weighted by Crippen LogP contribution is -2.28. The van der Waals surface area contributed by atoms with E-state index in [2.05, 4.69) is 15.6 Å². The van der Waals surface area contributed by atoms with Crippen molar-refractivity contribution in [1.82, 2.24) is 10.3 Å². The molecule has 6 heteroatoms. The summed E-state index contributed by atoms with van der Waals surface area (Å²) in [6.45, 7) is 3.93. The van der Waals surface area contributed by atoms with Gasteiger partial charge in [-0.1, -0.05) is 11.6 Å². The highest BCUT2D eigenvalue weighted by atomic mass is 35.5. The fourth-order valence-corrected chi connectivity index (χ4v) is 1.77. The standard InChI is InChI=1S/C8H14ClN3OS/c1-6(13)4-10-2-3-11-8-12-7(9)5-14-8/h5-6,10,13H,2-4H2,1H3,(H,11,12). The molecule has 1 aromatic heterocycles. The summed E-state index contributed by atoms with van der Waals surface area (Å²) in [5.41, 5.74) is 0. The van der Waals surface area contributed by atoms with Gasteiger partial charge in [-0.05, 0) is 6.92 Å². The Morgan fingerprint density at radius 1 is 1.64 bits per heavy atom. The van der Waals surface area contributed by atoms with Gasteiger partial charge >= 0.3 is 0 Å². The van der Waals surface area contributed by atoms with Crippen molar-refractivity contribution in [2.24, 2.45) is 0 Å². The van der Waals surface area contributed by atoms with Gasteiger partial charge in [0.2, 0.25) is 0 Å². The molecule has 80 valence electrons. The molecule has 14 heavy (non-hydrogen) atoms. The van der Waals surface area contributed by atoms with Crippen LogP contribution in [0.4, 0.5) is 5.13 Å². The number of nitrogens with zero attached hydrogens (tertiary/aromatic N) is 1. The number of aliphatic hydroxyl groups excluding tert-OH is 1. The molecule has 3 N–H and O–H groups in total. The third kappa shape index (κ3) is 4.76. The first kappa shape index (κ1) is 11.7. The van der Waals surface area contributed by atoms with E-state index in [0.717, 1.165) is 18.2 Å². The number of aromatic nitrogens is 1. The molecule has 0 aliphatic heterocycles. The molecule has 0 saturated heterocycles. The number of aliphatic hydroxyl groups is 1. The van der Waals surface area contributed by atoms with Crippen molar-refractivity contribution in [3.8, 4) is 0 Å². The molecule has 0 fully saturated rings. The van der Waals surface area contributed by atoms with Crippen LogP contribution in [0.5, 0.6) is 0 Å². The second-order valence-electron chi connectivity index (χ2n) is 2.96. The largest absolute Gasteiger partial charge is 0.392 e. The van der Waals surface area contributed by atoms with Crippen molar-refractivity contribution < 1.29 is 5.11 Å². The quantitative estimate of drug-likeness (QED) is 0.649. The van der Waals surface area contributed by atoms with Crippen molar-refractivity contribution in [2.75, 3.05) is 25.0 Å². The summed E-state index contributed by atoms with van der Waals surface area (Å²) in [7, 11) is 0. The highest BCUT2D eigenvalue weighted by Gasteiger charge is 1.98. The lowest BCUT2D eigenvalue weighted by atomic mass is 10.4. The first-order valence-electron chi connectivity index (χ1n) is 4.42. The van der Waals surface area contributed by atoms with E-state index in [1.165, 1.54) is 11.3 Å². The van der Waals surface area contributed by atoms with Crippen LogP contribution in [0, 0.1) is 0 Å². The van der Waals surface area contributed by atoms with Crippen LogP contribution in [-0.2, 0) is 0 Å². The number of hydrogen-bond acceptors (Lipinski definition) is 5. The van der Waals surface area contributed by atoms with E-state index in [9.17, 15) is 0 Å². The second kappa shape index (κ2) is 6.19. The van der Waals surface area contributed by atoms with Crippen molar-refractivity contribution in [3.05, 3.63) is 10.5 Å². The molecule has 4 nitrogen and oxygen atoms in total. The maximum atomic E-state index is 8.96. The Balaban J connectivity index is 2.04. The second-order valence-corrected chi connectivity index (χ2v) is 4.20. The van der Waals surface area contributed by atoms with Crippen LogP contribution in [0.25, 0.3) is 0 Å². The Kier molecular flexibility index (Phi) is 5.17. The van der Waals surface area contributed by atoms with Crippen molar-refractivity contribution in [1.29, 1.82) is 0 Å². The molecule has 0 aromatic carbocycles. The van der Waals surface area contributed by atoms with Gasteiger partial charge in [0.05, 0.1) is 6.10 Å². The molecule has 0 bridgehead atoms. The van der Waals surface area contributed by atoms with Gasteiger partial charge in [0.1, 0.15) is 5.15 Å². The lowest BCUT2D eigenvalue weighted by Gasteiger charge is -2.06. The number of anilines is 1. The summed E-state index contributed by atoms with van der Waals surface area (Å²) < 4.78 is 0. The summed E-state index contributed by atoms with van der Waals surface area (Å²) in [6.07, 6.45) is -0.302.